The van der Waals surface area contributed by atoms with Gasteiger partial charge in [0.1, 0.15) is 5.82 Å². The van der Waals surface area contributed by atoms with Gasteiger partial charge in [0.25, 0.3) is 0 Å². The van der Waals surface area contributed by atoms with E-state index in [4.69, 9.17) is 5.11 Å². The van der Waals surface area contributed by atoms with Crippen LogP contribution in [0.3, 0.4) is 0 Å². The van der Waals surface area contributed by atoms with Gasteiger partial charge in [-0.15, -0.1) is 0 Å². The van der Waals surface area contributed by atoms with Crippen LogP contribution in [0.4, 0.5) is 5.82 Å². The molecule has 0 fully saturated rings. The Morgan fingerprint density at radius 1 is 1.28 bits per heavy atom. The lowest BCUT2D eigenvalue weighted by Crippen LogP contribution is -2.51. The largest absolute Gasteiger partial charge is 0.478 e. The summed E-state index contributed by atoms with van der Waals surface area (Å²) in [4.78, 5) is 15.1. The van der Waals surface area contributed by atoms with Gasteiger partial charge in [-0.1, -0.05) is 0 Å². The molecular weight excluding hydrogens is 232 g/mol. The molecule has 0 bridgehead atoms. The Morgan fingerprint density at radius 2 is 1.83 bits per heavy atom. The van der Waals surface area contributed by atoms with Crippen molar-refractivity contribution in [2.24, 2.45) is 0 Å². The summed E-state index contributed by atoms with van der Waals surface area (Å²) in [5.74, 6) is -0.446. The Hall–Kier alpha value is -1.62. The van der Waals surface area contributed by atoms with Gasteiger partial charge >= 0.3 is 5.97 Å². The first kappa shape index (κ1) is 14.4. The third-order valence-corrected chi connectivity index (χ3v) is 3.29. The fourth-order valence-corrected chi connectivity index (χ4v) is 1.33. The lowest BCUT2D eigenvalue weighted by molar-refractivity contribution is 0.0238. The van der Waals surface area contributed by atoms with Gasteiger partial charge < -0.3 is 15.5 Å². The average Bonchev–Trinajstić information content (AvgIpc) is 2.14. The van der Waals surface area contributed by atoms with Crippen LogP contribution in [0.5, 0.6) is 0 Å². The predicted octanol–water partition coefficient (Wildman–Crippen LogP) is 2.05. The van der Waals surface area contributed by atoms with Crippen molar-refractivity contribution in [3.05, 3.63) is 23.4 Å². The van der Waals surface area contributed by atoms with Gasteiger partial charge in [0, 0.05) is 0 Å². The summed E-state index contributed by atoms with van der Waals surface area (Å²) >= 11 is 0. The number of nitrogens with one attached hydrogen (secondary N) is 1. The van der Waals surface area contributed by atoms with Crippen molar-refractivity contribution in [3.63, 3.8) is 0 Å². The molecule has 1 rings (SSSR count). The molecule has 5 nitrogen and oxygen atoms in total. The quantitative estimate of drug-likeness (QED) is 0.764. The molecule has 0 saturated heterocycles. The summed E-state index contributed by atoms with van der Waals surface area (Å²) in [7, 11) is 0. The highest BCUT2D eigenvalue weighted by Gasteiger charge is 2.35. The minimum Gasteiger partial charge on any atom is -0.478 e. The molecule has 0 radical (unpaired) electrons. The van der Waals surface area contributed by atoms with Crippen molar-refractivity contribution in [2.75, 3.05) is 5.32 Å². The lowest BCUT2D eigenvalue weighted by Gasteiger charge is -2.38. The third-order valence-electron chi connectivity index (χ3n) is 3.29. The maximum atomic E-state index is 10.9. The number of pyridine rings is 1. The van der Waals surface area contributed by atoms with E-state index in [0.29, 0.717) is 11.5 Å². The molecule has 5 heteroatoms. The zero-order valence-corrected chi connectivity index (χ0v) is 11.4. The summed E-state index contributed by atoms with van der Waals surface area (Å²) in [5.41, 5.74) is -0.897. The highest BCUT2D eigenvalue weighted by Crippen LogP contribution is 2.25. The van der Waals surface area contributed by atoms with Crippen LogP contribution in [0.1, 0.15) is 43.7 Å². The summed E-state index contributed by atoms with van der Waals surface area (Å²) in [6, 6.07) is 3.11. The van der Waals surface area contributed by atoms with Gasteiger partial charge in [0.05, 0.1) is 22.4 Å². The SMILES string of the molecule is Cc1nc(NC(C)(C)C(C)(C)O)ccc1C(=O)O. The molecule has 1 heterocycles. The zero-order valence-electron chi connectivity index (χ0n) is 11.4. The standard InChI is InChI=1S/C13H20N2O3/c1-8-9(11(16)17)6-7-10(14-8)15-12(2,3)13(4,5)18/h6-7,18H,1-5H3,(H,14,15)(H,16,17). The number of hydrogen-bond acceptors (Lipinski definition) is 4. The molecule has 0 spiro atoms. The van der Waals surface area contributed by atoms with E-state index < -0.39 is 17.1 Å². The van der Waals surface area contributed by atoms with E-state index in [2.05, 4.69) is 10.3 Å². The molecular formula is C13H20N2O3. The number of hydrogen-bond donors (Lipinski definition) is 3. The number of aliphatic hydroxyl groups is 1. The van der Waals surface area contributed by atoms with Crippen molar-refractivity contribution in [2.45, 2.75) is 45.8 Å². The number of aryl methyl sites for hydroxylation is 1. The van der Waals surface area contributed by atoms with Crippen LogP contribution in [0, 0.1) is 6.92 Å². The number of rotatable bonds is 4. The molecule has 3 N–H and O–H groups in total. The second kappa shape index (κ2) is 4.57. The molecule has 0 aliphatic heterocycles. The molecule has 1 aromatic rings. The number of aromatic carboxylic acids is 1. The number of aromatic nitrogens is 1. The summed E-state index contributed by atoms with van der Waals surface area (Å²) in [6.07, 6.45) is 0. The minimum atomic E-state index is -0.992. The van der Waals surface area contributed by atoms with Crippen molar-refractivity contribution in [1.29, 1.82) is 0 Å². The molecule has 100 valence electrons. The van der Waals surface area contributed by atoms with Crippen LogP contribution in [0.2, 0.25) is 0 Å². The van der Waals surface area contributed by atoms with Crippen LogP contribution in [0.25, 0.3) is 0 Å². The second-order valence-electron chi connectivity index (χ2n) is 5.44. The van der Waals surface area contributed by atoms with E-state index in [1.807, 2.05) is 13.8 Å². The lowest BCUT2D eigenvalue weighted by atomic mass is 9.86. The molecule has 0 amide bonds. The first-order valence-corrected chi connectivity index (χ1v) is 5.76. The topological polar surface area (TPSA) is 82.5 Å². The van der Waals surface area contributed by atoms with Gasteiger partial charge in [-0.2, -0.15) is 0 Å². The molecule has 0 unspecified atom stereocenters. The molecule has 18 heavy (non-hydrogen) atoms. The summed E-state index contributed by atoms with van der Waals surface area (Å²) in [6.45, 7) is 8.77. The highest BCUT2D eigenvalue weighted by molar-refractivity contribution is 5.89. The van der Waals surface area contributed by atoms with Crippen LogP contribution in [-0.2, 0) is 0 Å². The number of carbonyl (C=O) groups is 1. The van der Waals surface area contributed by atoms with E-state index >= 15 is 0 Å². The van der Waals surface area contributed by atoms with Crippen LogP contribution in [-0.4, -0.2) is 32.3 Å². The van der Waals surface area contributed by atoms with Crippen molar-refractivity contribution in [3.8, 4) is 0 Å². The first-order valence-electron chi connectivity index (χ1n) is 5.76. The second-order valence-corrected chi connectivity index (χ2v) is 5.44. The monoisotopic (exact) mass is 252 g/mol. The van der Waals surface area contributed by atoms with Gasteiger partial charge in [-0.25, -0.2) is 9.78 Å². The van der Waals surface area contributed by atoms with E-state index in [9.17, 15) is 9.90 Å². The van der Waals surface area contributed by atoms with Gasteiger partial charge in [-0.3, -0.25) is 0 Å². The Bertz CT molecular complexity index is 462. The minimum absolute atomic E-state index is 0.182. The van der Waals surface area contributed by atoms with E-state index in [0.717, 1.165) is 0 Å². The van der Waals surface area contributed by atoms with E-state index in [1.165, 1.54) is 6.07 Å². The number of nitrogens with zero attached hydrogens (tertiary/aromatic N) is 1. The normalized spacial score (nSPS) is 12.3. The fraction of sp³-hybridized carbons (Fsp3) is 0.538. The molecule has 0 aliphatic carbocycles. The van der Waals surface area contributed by atoms with Crippen LogP contribution >= 0.6 is 0 Å². The number of carboxylic acids is 1. The van der Waals surface area contributed by atoms with Crippen LogP contribution < -0.4 is 5.32 Å². The van der Waals surface area contributed by atoms with Crippen molar-refractivity contribution >= 4 is 11.8 Å². The van der Waals surface area contributed by atoms with Crippen molar-refractivity contribution in [1.82, 2.24) is 4.98 Å². The molecule has 0 aliphatic rings. The molecule has 0 atom stereocenters. The maximum Gasteiger partial charge on any atom is 0.337 e. The highest BCUT2D eigenvalue weighted by atomic mass is 16.4. The Labute approximate surface area is 107 Å². The fourth-order valence-electron chi connectivity index (χ4n) is 1.33. The van der Waals surface area contributed by atoms with Gasteiger partial charge in [0.2, 0.25) is 0 Å². The average molecular weight is 252 g/mol. The zero-order chi connectivity index (χ0) is 14.1. The van der Waals surface area contributed by atoms with E-state index in [1.54, 1.807) is 26.8 Å². The van der Waals surface area contributed by atoms with Crippen LogP contribution in [0.15, 0.2) is 12.1 Å². The molecule has 1 aromatic heterocycles. The summed E-state index contributed by atoms with van der Waals surface area (Å²) in [5, 5.41) is 22.1. The smallest absolute Gasteiger partial charge is 0.337 e. The van der Waals surface area contributed by atoms with Gasteiger partial charge in [0.15, 0.2) is 0 Å². The first-order chi connectivity index (χ1) is 8.04. The number of anilines is 1. The van der Waals surface area contributed by atoms with Gasteiger partial charge in [-0.05, 0) is 46.8 Å². The Morgan fingerprint density at radius 3 is 2.22 bits per heavy atom. The maximum absolute atomic E-state index is 10.9. The molecule has 0 saturated carbocycles. The van der Waals surface area contributed by atoms with E-state index in [-0.39, 0.29) is 5.56 Å². The number of carboxylic acid groups (broad SMARTS) is 1. The predicted molar refractivity (Wildman–Crippen MR) is 69.9 cm³/mol. The Kier molecular flexibility index (Phi) is 3.67. The Balaban J connectivity index is 3.01. The summed E-state index contributed by atoms with van der Waals surface area (Å²) < 4.78 is 0. The molecule has 0 aromatic carbocycles. The van der Waals surface area contributed by atoms with Crippen molar-refractivity contribution < 1.29 is 15.0 Å². The third kappa shape index (κ3) is 2.98.